The van der Waals surface area contributed by atoms with Gasteiger partial charge in [0.1, 0.15) is 0 Å². The molecule has 0 spiro atoms. The summed E-state index contributed by atoms with van der Waals surface area (Å²) in [7, 11) is 0. The van der Waals surface area contributed by atoms with E-state index in [9.17, 15) is 0 Å². The molecule has 6 aromatic carbocycles. The number of rotatable bonds is 4. The third-order valence-electron chi connectivity index (χ3n) is 6.48. The number of hydrogen-bond donors (Lipinski definition) is 0. The van der Waals surface area contributed by atoms with Crippen LogP contribution in [-0.2, 0) is 0 Å². The van der Waals surface area contributed by atoms with E-state index in [1.165, 1.54) is 43.9 Å². The highest BCUT2D eigenvalue weighted by Gasteiger charge is 2.20. The Kier molecular flexibility index (Phi) is 5.08. The van der Waals surface area contributed by atoms with Gasteiger partial charge in [0.05, 0.1) is 5.69 Å². The number of aryl methyl sites for hydroxylation is 1. The van der Waals surface area contributed by atoms with Crippen molar-refractivity contribution in [3.63, 3.8) is 0 Å². The SMILES string of the molecule is Cc1cccc(N(c2ccccc2)c2ccc3ccccc3c2-c2cccc3ccccc23)c1. The first-order valence-electron chi connectivity index (χ1n) is 11.7. The summed E-state index contributed by atoms with van der Waals surface area (Å²) in [4.78, 5) is 2.39. The summed E-state index contributed by atoms with van der Waals surface area (Å²) >= 11 is 0. The monoisotopic (exact) mass is 435 g/mol. The van der Waals surface area contributed by atoms with Crippen LogP contribution in [0.1, 0.15) is 5.56 Å². The largest absolute Gasteiger partial charge is 0.310 e. The zero-order valence-corrected chi connectivity index (χ0v) is 19.1. The quantitative estimate of drug-likeness (QED) is 0.266. The summed E-state index contributed by atoms with van der Waals surface area (Å²) in [6.45, 7) is 2.15. The van der Waals surface area contributed by atoms with E-state index in [0.29, 0.717) is 0 Å². The molecule has 1 heteroatoms. The maximum Gasteiger partial charge on any atom is 0.0546 e. The fraction of sp³-hybridized carbons (Fsp3) is 0.0303. The average molecular weight is 436 g/mol. The van der Waals surface area contributed by atoms with Crippen molar-refractivity contribution in [2.75, 3.05) is 4.90 Å². The summed E-state index contributed by atoms with van der Waals surface area (Å²) in [5.41, 5.74) is 7.21. The van der Waals surface area contributed by atoms with Crippen molar-refractivity contribution in [2.24, 2.45) is 0 Å². The molecule has 0 saturated carbocycles. The minimum absolute atomic E-state index is 1.14. The second kappa shape index (κ2) is 8.53. The van der Waals surface area contributed by atoms with Crippen LogP contribution in [0.15, 0.2) is 133 Å². The minimum Gasteiger partial charge on any atom is -0.310 e. The van der Waals surface area contributed by atoms with E-state index < -0.39 is 0 Å². The zero-order valence-electron chi connectivity index (χ0n) is 19.1. The molecule has 0 aromatic heterocycles. The summed E-state index contributed by atoms with van der Waals surface area (Å²) in [5.74, 6) is 0. The molecular formula is C33H25N. The van der Waals surface area contributed by atoms with Gasteiger partial charge in [-0.1, -0.05) is 103 Å². The summed E-state index contributed by atoms with van der Waals surface area (Å²) in [6.07, 6.45) is 0. The minimum atomic E-state index is 1.14. The van der Waals surface area contributed by atoms with Gasteiger partial charge in [-0.15, -0.1) is 0 Å². The molecule has 6 rings (SSSR count). The third kappa shape index (κ3) is 3.52. The van der Waals surface area contributed by atoms with Gasteiger partial charge < -0.3 is 4.90 Å². The molecule has 0 radical (unpaired) electrons. The van der Waals surface area contributed by atoms with Gasteiger partial charge in [0.2, 0.25) is 0 Å². The second-order valence-corrected chi connectivity index (χ2v) is 8.72. The van der Waals surface area contributed by atoms with Crippen molar-refractivity contribution in [3.05, 3.63) is 139 Å². The van der Waals surface area contributed by atoms with Crippen molar-refractivity contribution in [1.82, 2.24) is 0 Å². The maximum atomic E-state index is 2.39. The molecule has 0 fully saturated rings. The van der Waals surface area contributed by atoms with Crippen LogP contribution >= 0.6 is 0 Å². The molecule has 162 valence electrons. The van der Waals surface area contributed by atoms with E-state index in [1.807, 2.05) is 0 Å². The molecule has 1 nitrogen and oxygen atoms in total. The lowest BCUT2D eigenvalue weighted by molar-refractivity contribution is 1.28. The van der Waals surface area contributed by atoms with E-state index in [2.05, 4.69) is 145 Å². The lowest BCUT2D eigenvalue weighted by Gasteiger charge is -2.29. The molecule has 0 saturated heterocycles. The van der Waals surface area contributed by atoms with Gasteiger partial charge >= 0.3 is 0 Å². The maximum absolute atomic E-state index is 2.39. The Morgan fingerprint density at radius 1 is 0.471 bits per heavy atom. The van der Waals surface area contributed by atoms with Crippen molar-refractivity contribution in [2.45, 2.75) is 6.92 Å². The van der Waals surface area contributed by atoms with Crippen LogP contribution < -0.4 is 4.90 Å². The first-order chi connectivity index (χ1) is 16.8. The highest BCUT2D eigenvalue weighted by Crippen LogP contribution is 2.45. The number of anilines is 3. The lowest BCUT2D eigenvalue weighted by Crippen LogP contribution is -2.11. The van der Waals surface area contributed by atoms with Gasteiger partial charge in [0.25, 0.3) is 0 Å². The Balaban J connectivity index is 1.73. The molecule has 0 aliphatic heterocycles. The van der Waals surface area contributed by atoms with Gasteiger partial charge in [0, 0.05) is 16.9 Å². The van der Waals surface area contributed by atoms with Crippen molar-refractivity contribution >= 4 is 38.6 Å². The molecule has 0 heterocycles. The number of benzene rings is 6. The van der Waals surface area contributed by atoms with Crippen LogP contribution in [-0.4, -0.2) is 0 Å². The number of nitrogens with zero attached hydrogens (tertiary/aromatic N) is 1. The van der Waals surface area contributed by atoms with Crippen molar-refractivity contribution < 1.29 is 0 Å². The molecule has 0 aliphatic carbocycles. The van der Waals surface area contributed by atoms with E-state index in [-0.39, 0.29) is 0 Å². The molecule has 0 aliphatic rings. The number of fused-ring (bicyclic) bond motifs is 2. The van der Waals surface area contributed by atoms with Gasteiger partial charge in [-0.05, 0) is 69.9 Å². The molecule has 6 aromatic rings. The topological polar surface area (TPSA) is 3.24 Å². The van der Waals surface area contributed by atoms with E-state index >= 15 is 0 Å². The van der Waals surface area contributed by atoms with Crippen LogP contribution in [0.4, 0.5) is 17.1 Å². The molecule has 0 N–H and O–H groups in total. The average Bonchev–Trinajstić information content (AvgIpc) is 2.89. The number of para-hydroxylation sites is 1. The first kappa shape index (κ1) is 20.3. The van der Waals surface area contributed by atoms with E-state index in [4.69, 9.17) is 0 Å². The van der Waals surface area contributed by atoms with Crippen LogP contribution in [0.25, 0.3) is 32.7 Å². The Morgan fingerprint density at radius 3 is 1.88 bits per heavy atom. The van der Waals surface area contributed by atoms with E-state index in [0.717, 1.165) is 11.4 Å². The number of hydrogen-bond acceptors (Lipinski definition) is 1. The lowest BCUT2D eigenvalue weighted by atomic mass is 9.91. The fourth-order valence-corrected chi connectivity index (χ4v) is 4.94. The first-order valence-corrected chi connectivity index (χ1v) is 11.7. The Bertz CT molecular complexity index is 1610. The van der Waals surface area contributed by atoms with Crippen LogP contribution in [0.5, 0.6) is 0 Å². The molecule has 0 unspecified atom stereocenters. The molecular weight excluding hydrogens is 410 g/mol. The predicted octanol–water partition coefficient (Wildman–Crippen LogP) is 9.44. The Morgan fingerprint density at radius 2 is 1.09 bits per heavy atom. The molecule has 34 heavy (non-hydrogen) atoms. The van der Waals surface area contributed by atoms with Gasteiger partial charge in [0.15, 0.2) is 0 Å². The normalized spacial score (nSPS) is 11.1. The molecule has 0 bridgehead atoms. The highest BCUT2D eigenvalue weighted by molar-refractivity contribution is 6.11. The molecule has 0 amide bonds. The van der Waals surface area contributed by atoms with Crippen molar-refractivity contribution in [3.8, 4) is 11.1 Å². The standard InChI is InChI=1S/C33H25N/c1-24-11-9-17-28(23-24)34(27-15-3-2-4-16-27)32-22-21-26-13-6-8-19-30(26)33(32)31-20-10-14-25-12-5-7-18-29(25)31/h2-23H,1H3. The van der Waals surface area contributed by atoms with Crippen LogP contribution in [0, 0.1) is 6.92 Å². The Labute approximate surface area is 200 Å². The third-order valence-corrected chi connectivity index (χ3v) is 6.48. The van der Waals surface area contributed by atoms with Crippen molar-refractivity contribution in [1.29, 1.82) is 0 Å². The predicted molar refractivity (Wildman–Crippen MR) is 146 cm³/mol. The smallest absolute Gasteiger partial charge is 0.0546 e. The van der Waals surface area contributed by atoms with Gasteiger partial charge in [-0.25, -0.2) is 0 Å². The zero-order chi connectivity index (χ0) is 22.9. The summed E-state index contributed by atoms with van der Waals surface area (Å²) in [6, 6.07) is 47.9. The fourth-order valence-electron chi connectivity index (χ4n) is 4.94. The van der Waals surface area contributed by atoms with Crippen LogP contribution in [0.3, 0.4) is 0 Å². The molecule has 0 atom stereocenters. The Hall–Kier alpha value is -4.36. The summed E-state index contributed by atoms with van der Waals surface area (Å²) < 4.78 is 0. The highest BCUT2D eigenvalue weighted by atomic mass is 15.1. The van der Waals surface area contributed by atoms with Gasteiger partial charge in [-0.3, -0.25) is 0 Å². The van der Waals surface area contributed by atoms with Gasteiger partial charge in [-0.2, -0.15) is 0 Å². The second-order valence-electron chi connectivity index (χ2n) is 8.72. The van der Waals surface area contributed by atoms with Crippen LogP contribution in [0.2, 0.25) is 0 Å². The van der Waals surface area contributed by atoms with E-state index in [1.54, 1.807) is 0 Å². The summed E-state index contributed by atoms with van der Waals surface area (Å²) in [5, 5.41) is 5.01.